The van der Waals surface area contributed by atoms with Gasteiger partial charge < -0.3 is 5.32 Å². The first-order chi connectivity index (χ1) is 9.43. The fourth-order valence-electron chi connectivity index (χ4n) is 2.13. The Bertz CT molecular complexity index is 559. The van der Waals surface area contributed by atoms with Gasteiger partial charge in [0, 0.05) is 23.9 Å². The Morgan fingerprint density at radius 1 is 1.35 bits per heavy atom. The van der Waals surface area contributed by atoms with Crippen LogP contribution in [0.15, 0.2) is 12.4 Å². The second-order valence-corrected chi connectivity index (χ2v) is 6.19. The average Bonchev–Trinajstić information content (AvgIpc) is 2.95. The van der Waals surface area contributed by atoms with E-state index in [2.05, 4.69) is 54.5 Å². The van der Waals surface area contributed by atoms with E-state index in [1.165, 1.54) is 5.56 Å². The predicted molar refractivity (Wildman–Crippen MR) is 81.5 cm³/mol. The molecule has 20 heavy (non-hydrogen) atoms. The van der Waals surface area contributed by atoms with Crippen LogP contribution in [-0.2, 0) is 12.1 Å². The summed E-state index contributed by atoms with van der Waals surface area (Å²) in [6.45, 7) is 12.5. The van der Waals surface area contributed by atoms with Crippen LogP contribution in [0.25, 0.3) is 11.3 Å². The Hall–Kier alpha value is -1.62. The summed E-state index contributed by atoms with van der Waals surface area (Å²) in [7, 11) is 0. The first kappa shape index (κ1) is 14.8. The molecule has 0 radical (unpaired) electrons. The molecule has 0 amide bonds. The largest absolute Gasteiger partial charge is 0.313 e. The van der Waals surface area contributed by atoms with Crippen molar-refractivity contribution in [1.82, 2.24) is 25.3 Å². The van der Waals surface area contributed by atoms with E-state index < -0.39 is 0 Å². The molecular weight excluding hydrogens is 250 g/mol. The number of aromatic amines is 1. The molecule has 0 bridgehead atoms. The smallest absolute Gasteiger partial charge is 0.0729 e. The molecular formula is C15H25N5. The summed E-state index contributed by atoms with van der Waals surface area (Å²) < 4.78 is 2.02. The van der Waals surface area contributed by atoms with Gasteiger partial charge in [-0.25, -0.2) is 0 Å². The molecule has 5 nitrogen and oxygen atoms in total. The topological polar surface area (TPSA) is 58.5 Å². The van der Waals surface area contributed by atoms with Crippen molar-refractivity contribution in [3.8, 4) is 11.3 Å². The molecule has 0 spiro atoms. The number of rotatable bonds is 5. The normalized spacial score (nSPS) is 12.1. The fraction of sp³-hybridized carbons (Fsp3) is 0.600. The molecule has 0 aromatic carbocycles. The van der Waals surface area contributed by atoms with Crippen molar-refractivity contribution in [3.05, 3.63) is 23.7 Å². The van der Waals surface area contributed by atoms with Gasteiger partial charge in [-0.15, -0.1) is 0 Å². The maximum absolute atomic E-state index is 4.62. The number of nitrogens with one attached hydrogen (secondary N) is 2. The standard InChI is InChI=1S/C15H25N5/c1-6-7-16-8-12-9-17-18-14(12)13-10-20(15(3,4)5)19-11(13)2/h9-10,16H,6-8H2,1-5H3,(H,17,18). The molecule has 2 aromatic rings. The molecule has 0 aliphatic carbocycles. The minimum atomic E-state index is -0.0103. The Morgan fingerprint density at radius 3 is 2.70 bits per heavy atom. The van der Waals surface area contributed by atoms with Crippen LogP contribution in [0.4, 0.5) is 0 Å². The Balaban J connectivity index is 2.28. The highest BCUT2D eigenvalue weighted by Crippen LogP contribution is 2.26. The van der Waals surface area contributed by atoms with Crippen molar-refractivity contribution in [2.24, 2.45) is 0 Å². The molecule has 2 N–H and O–H groups in total. The summed E-state index contributed by atoms with van der Waals surface area (Å²) in [6.07, 6.45) is 5.13. The van der Waals surface area contributed by atoms with Crippen molar-refractivity contribution < 1.29 is 0 Å². The SMILES string of the molecule is CCCNCc1cn[nH]c1-c1cn(C(C)(C)C)nc1C. The summed E-state index contributed by atoms with van der Waals surface area (Å²) in [4.78, 5) is 0. The van der Waals surface area contributed by atoms with Gasteiger partial charge in [-0.3, -0.25) is 9.78 Å². The van der Waals surface area contributed by atoms with Crippen LogP contribution in [-0.4, -0.2) is 26.5 Å². The molecule has 110 valence electrons. The third-order valence-electron chi connectivity index (χ3n) is 3.32. The van der Waals surface area contributed by atoms with Crippen LogP contribution < -0.4 is 5.32 Å². The van der Waals surface area contributed by atoms with E-state index in [1.54, 1.807) is 0 Å². The van der Waals surface area contributed by atoms with Crippen LogP contribution in [0.2, 0.25) is 0 Å². The lowest BCUT2D eigenvalue weighted by atomic mass is 10.1. The Labute approximate surface area is 120 Å². The highest BCUT2D eigenvalue weighted by Gasteiger charge is 2.19. The summed E-state index contributed by atoms with van der Waals surface area (Å²) in [5.41, 5.74) is 4.41. The monoisotopic (exact) mass is 275 g/mol. The molecule has 0 atom stereocenters. The highest BCUT2D eigenvalue weighted by molar-refractivity contribution is 5.64. The van der Waals surface area contributed by atoms with Crippen molar-refractivity contribution in [2.75, 3.05) is 6.54 Å². The second kappa shape index (κ2) is 5.79. The maximum atomic E-state index is 4.62. The van der Waals surface area contributed by atoms with Gasteiger partial charge in [-0.05, 0) is 40.7 Å². The summed E-state index contributed by atoms with van der Waals surface area (Å²) >= 11 is 0. The van der Waals surface area contributed by atoms with Crippen LogP contribution in [0, 0.1) is 6.92 Å². The van der Waals surface area contributed by atoms with Gasteiger partial charge in [0.15, 0.2) is 0 Å². The number of hydrogen-bond donors (Lipinski definition) is 2. The lowest BCUT2D eigenvalue weighted by Gasteiger charge is -2.18. The van der Waals surface area contributed by atoms with Gasteiger partial charge in [0.2, 0.25) is 0 Å². The van der Waals surface area contributed by atoms with Gasteiger partial charge in [0.25, 0.3) is 0 Å². The maximum Gasteiger partial charge on any atom is 0.0729 e. The number of H-pyrrole nitrogens is 1. The summed E-state index contributed by atoms with van der Waals surface area (Å²) in [6, 6.07) is 0. The van der Waals surface area contributed by atoms with Gasteiger partial charge in [0.1, 0.15) is 0 Å². The number of aryl methyl sites for hydroxylation is 1. The quantitative estimate of drug-likeness (QED) is 0.825. The number of aromatic nitrogens is 4. The lowest BCUT2D eigenvalue weighted by molar-refractivity contribution is 0.354. The second-order valence-electron chi connectivity index (χ2n) is 6.19. The van der Waals surface area contributed by atoms with E-state index in [1.807, 2.05) is 17.8 Å². The van der Waals surface area contributed by atoms with Gasteiger partial charge in [0.05, 0.1) is 23.1 Å². The van der Waals surface area contributed by atoms with Crippen LogP contribution >= 0.6 is 0 Å². The third-order valence-corrected chi connectivity index (χ3v) is 3.32. The van der Waals surface area contributed by atoms with Crippen LogP contribution in [0.5, 0.6) is 0 Å². The molecule has 0 aliphatic rings. The third kappa shape index (κ3) is 3.10. The molecule has 5 heteroatoms. The first-order valence-corrected chi connectivity index (χ1v) is 7.23. The van der Waals surface area contributed by atoms with Gasteiger partial charge >= 0.3 is 0 Å². The summed E-state index contributed by atoms with van der Waals surface area (Å²) in [5, 5.41) is 15.3. The van der Waals surface area contributed by atoms with E-state index in [0.717, 1.165) is 36.5 Å². The van der Waals surface area contributed by atoms with Crippen molar-refractivity contribution >= 4 is 0 Å². The molecule has 2 rings (SSSR count). The lowest BCUT2D eigenvalue weighted by Crippen LogP contribution is -2.22. The molecule has 0 saturated carbocycles. The van der Waals surface area contributed by atoms with Crippen LogP contribution in [0.3, 0.4) is 0 Å². The Morgan fingerprint density at radius 2 is 2.10 bits per heavy atom. The highest BCUT2D eigenvalue weighted by atomic mass is 15.3. The summed E-state index contributed by atoms with van der Waals surface area (Å²) in [5.74, 6) is 0. The van der Waals surface area contributed by atoms with Crippen molar-refractivity contribution in [3.63, 3.8) is 0 Å². The minimum Gasteiger partial charge on any atom is -0.313 e. The van der Waals surface area contributed by atoms with E-state index >= 15 is 0 Å². The first-order valence-electron chi connectivity index (χ1n) is 7.23. The number of nitrogens with zero attached hydrogens (tertiary/aromatic N) is 3. The molecule has 0 saturated heterocycles. The van der Waals surface area contributed by atoms with Crippen molar-refractivity contribution in [1.29, 1.82) is 0 Å². The average molecular weight is 275 g/mol. The van der Waals surface area contributed by atoms with E-state index in [0.29, 0.717) is 0 Å². The van der Waals surface area contributed by atoms with E-state index in [-0.39, 0.29) is 5.54 Å². The molecule has 2 aromatic heterocycles. The van der Waals surface area contributed by atoms with Crippen LogP contribution in [0.1, 0.15) is 45.4 Å². The molecule has 2 heterocycles. The zero-order valence-corrected chi connectivity index (χ0v) is 13.1. The van der Waals surface area contributed by atoms with Gasteiger partial charge in [-0.2, -0.15) is 10.2 Å². The van der Waals surface area contributed by atoms with E-state index in [9.17, 15) is 0 Å². The van der Waals surface area contributed by atoms with Gasteiger partial charge in [-0.1, -0.05) is 6.92 Å². The zero-order chi connectivity index (χ0) is 14.8. The number of hydrogen-bond acceptors (Lipinski definition) is 3. The predicted octanol–water partition coefficient (Wildman–Crippen LogP) is 2.84. The molecule has 0 aliphatic heterocycles. The van der Waals surface area contributed by atoms with E-state index in [4.69, 9.17) is 0 Å². The fourth-order valence-corrected chi connectivity index (χ4v) is 2.13. The van der Waals surface area contributed by atoms with Crippen molar-refractivity contribution in [2.45, 2.75) is 53.1 Å². The molecule has 0 unspecified atom stereocenters. The minimum absolute atomic E-state index is 0.0103. The zero-order valence-electron chi connectivity index (χ0n) is 13.1. The molecule has 0 fully saturated rings. The Kier molecular flexibility index (Phi) is 4.28.